The molecule has 0 aliphatic heterocycles. The fourth-order valence-corrected chi connectivity index (χ4v) is 4.89. The summed E-state index contributed by atoms with van der Waals surface area (Å²) in [7, 11) is 5.37. The standard InChI is InChI=1S/C15H25NO2Si/c1-6-14-9-7-10-15(13-14)19(17-4,18-5)12-8-11-16(2)3/h6-7,9-10,13H,1,8,11-12H2,2-5H3. The average molecular weight is 279 g/mol. The Balaban J connectivity index is 2.92. The van der Waals surface area contributed by atoms with Crippen LogP contribution in [-0.4, -0.2) is 48.3 Å². The van der Waals surface area contributed by atoms with Gasteiger partial charge >= 0.3 is 8.56 Å². The third-order valence-corrected chi connectivity index (χ3v) is 6.85. The van der Waals surface area contributed by atoms with Crippen molar-refractivity contribution in [3.63, 3.8) is 0 Å². The summed E-state index contributed by atoms with van der Waals surface area (Å²) in [5.41, 5.74) is 1.11. The van der Waals surface area contributed by atoms with E-state index in [1.165, 1.54) is 5.19 Å². The Morgan fingerprint density at radius 3 is 2.47 bits per heavy atom. The highest BCUT2D eigenvalue weighted by molar-refractivity contribution is 6.81. The van der Waals surface area contributed by atoms with E-state index in [4.69, 9.17) is 8.85 Å². The monoisotopic (exact) mass is 279 g/mol. The highest BCUT2D eigenvalue weighted by atomic mass is 28.4. The first kappa shape index (κ1) is 16.1. The first-order chi connectivity index (χ1) is 9.07. The molecule has 1 aromatic rings. The Kier molecular flexibility index (Phi) is 6.44. The molecule has 0 spiro atoms. The van der Waals surface area contributed by atoms with Gasteiger partial charge in [0.2, 0.25) is 0 Å². The van der Waals surface area contributed by atoms with E-state index in [0.29, 0.717) is 0 Å². The molecule has 0 aromatic heterocycles. The molecule has 4 heteroatoms. The van der Waals surface area contributed by atoms with E-state index in [1.54, 1.807) is 14.2 Å². The summed E-state index contributed by atoms with van der Waals surface area (Å²) in [6.45, 7) is 4.86. The topological polar surface area (TPSA) is 21.7 Å². The van der Waals surface area contributed by atoms with Crippen molar-refractivity contribution in [2.75, 3.05) is 34.9 Å². The minimum atomic E-state index is -2.31. The lowest BCUT2D eigenvalue weighted by Gasteiger charge is -2.28. The van der Waals surface area contributed by atoms with Gasteiger partial charge in [0.25, 0.3) is 0 Å². The maximum absolute atomic E-state index is 5.82. The van der Waals surface area contributed by atoms with Gasteiger partial charge in [-0.2, -0.15) is 0 Å². The lowest BCUT2D eigenvalue weighted by Crippen LogP contribution is -2.52. The largest absolute Gasteiger partial charge is 0.394 e. The summed E-state index contributed by atoms with van der Waals surface area (Å²) < 4.78 is 11.6. The third kappa shape index (κ3) is 4.28. The molecule has 0 amide bonds. The van der Waals surface area contributed by atoms with Crippen molar-refractivity contribution in [3.05, 3.63) is 36.4 Å². The Hall–Kier alpha value is -0.943. The van der Waals surface area contributed by atoms with Crippen molar-refractivity contribution >= 4 is 19.8 Å². The van der Waals surface area contributed by atoms with Crippen LogP contribution in [0.2, 0.25) is 6.04 Å². The molecule has 0 N–H and O–H groups in total. The second-order valence-corrected chi connectivity index (χ2v) is 8.30. The molecule has 1 aromatic carbocycles. The predicted molar refractivity (Wildman–Crippen MR) is 83.9 cm³/mol. The zero-order chi connectivity index (χ0) is 14.3. The third-order valence-electron chi connectivity index (χ3n) is 3.33. The molecule has 106 valence electrons. The molecule has 0 aliphatic carbocycles. The summed E-state index contributed by atoms with van der Waals surface area (Å²) in [5.74, 6) is 0. The molecular formula is C15H25NO2Si. The second-order valence-electron chi connectivity index (χ2n) is 4.90. The van der Waals surface area contributed by atoms with Crippen molar-refractivity contribution in [1.82, 2.24) is 4.90 Å². The van der Waals surface area contributed by atoms with Crippen LogP contribution in [0.15, 0.2) is 30.8 Å². The Morgan fingerprint density at radius 2 is 1.95 bits per heavy atom. The van der Waals surface area contributed by atoms with Gasteiger partial charge in [0.15, 0.2) is 0 Å². The quantitative estimate of drug-likeness (QED) is 0.681. The lowest BCUT2D eigenvalue weighted by molar-refractivity contribution is 0.254. The van der Waals surface area contributed by atoms with E-state index in [2.05, 4.69) is 37.7 Å². The van der Waals surface area contributed by atoms with Crippen LogP contribution >= 0.6 is 0 Å². The second kappa shape index (κ2) is 7.60. The van der Waals surface area contributed by atoms with Crippen molar-refractivity contribution in [2.24, 2.45) is 0 Å². The van der Waals surface area contributed by atoms with Gasteiger partial charge in [-0.3, -0.25) is 0 Å². The van der Waals surface area contributed by atoms with E-state index < -0.39 is 8.56 Å². The maximum atomic E-state index is 5.82. The van der Waals surface area contributed by atoms with Gasteiger partial charge in [0.1, 0.15) is 0 Å². The highest BCUT2D eigenvalue weighted by Gasteiger charge is 2.37. The fourth-order valence-electron chi connectivity index (χ4n) is 2.20. The zero-order valence-electron chi connectivity index (χ0n) is 12.5. The van der Waals surface area contributed by atoms with Crippen LogP contribution in [0.5, 0.6) is 0 Å². The van der Waals surface area contributed by atoms with Crippen LogP contribution in [0.4, 0.5) is 0 Å². The normalized spacial score (nSPS) is 11.8. The first-order valence-electron chi connectivity index (χ1n) is 6.56. The molecule has 0 atom stereocenters. The van der Waals surface area contributed by atoms with Gasteiger partial charge in [-0.1, -0.05) is 36.9 Å². The molecule has 19 heavy (non-hydrogen) atoms. The molecule has 0 fully saturated rings. The van der Waals surface area contributed by atoms with Crippen molar-refractivity contribution < 1.29 is 8.85 Å². The van der Waals surface area contributed by atoms with E-state index in [0.717, 1.165) is 24.6 Å². The van der Waals surface area contributed by atoms with Crippen molar-refractivity contribution in [3.8, 4) is 0 Å². The smallest absolute Gasteiger partial charge is 0.372 e. The van der Waals surface area contributed by atoms with Crippen molar-refractivity contribution in [2.45, 2.75) is 12.5 Å². The summed E-state index contributed by atoms with van der Waals surface area (Å²) in [6.07, 6.45) is 2.92. The molecule has 0 unspecified atom stereocenters. The molecule has 0 heterocycles. The minimum absolute atomic E-state index is 0.957. The van der Waals surface area contributed by atoms with Crippen LogP contribution in [0.3, 0.4) is 0 Å². The van der Waals surface area contributed by atoms with Gasteiger partial charge < -0.3 is 13.8 Å². The first-order valence-corrected chi connectivity index (χ1v) is 8.58. The summed E-state index contributed by atoms with van der Waals surface area (Å²) in [6, 6.07) is 9.27. The summed E-state index contributed by atoms with van der Waals surface area (Å²) in [4.78, 5) is 2.19. The number of hydrogen-bond donors (Lipinski definition) is 0. The number of benzene rings is 1. The van der Waals surface area contributed by atoms with Gasteiger partial charge in [0, 0.05) is 14.2 Å². The summed E-state index contributed by atoms with van der Waals surface area (Å²) >= 11 is 0. The SMILES string of the molecule is C=Cc1cccc([Si](CCCN(C)C)(OC)OC)c1. The van der Waals surface area contributed by atoms with Crippen molar-refractivity contribution in [1.29, 1.82) is 0 Å². The minimum Gasteiger partial charge on any atom is -0.394 e. The molecule has 0 bridgehead atoms. The van der Waals surface area contributed by atoms with Crippen LogP contribution in [0, 0.1) is 0 Å². The molecular weight excluding hydrogens is 254 g/mol. The lowest BCUT2D eigenvalue weighted by atomic mass is 10.2. The number of nitrogens with zero attached hydrogens (tertiary/aromatic N) is 1. The van der Waals surface area contributed by atoms with Gasteiger partial charge in [-0.05, 0) is 43.9 Å². The van der Waals surface area contributed by atoms with E-state index >= 15 is 0 Å². The number of rotatable bonds is 8. The maximum Gasteiger partial charge on any atom is 0.372 e. The van der Waals surface area contributed by atoms with E-state index in [1.807, 2.05) is 18.2 Å². The molecule has 3 nitrogen and oxygen atoms in total. The predicted octanol–water partition coefficient (Wildman–Crippen LogP) is 2.22. The molecule has 0 saturated carbocycles. The Morgan fingerprint density at radius 1 is 1.26 bits per heavy atom. The zero-order valence-corrected chi connectivity index (χ0v) is 13.5. The van der Waals surface area contributed by atoms with E-state index in [-0.39, 0.29) is 0 Å². The van der Waals surface area contributed by atoms with E-state index in [9.17, 15) is 0 Å². The van der Waals surface area contributed by atoms with Crippen LogP contribution < -0.4 is 5.19 Å². The molecule has 0 radical (unpaired) electrons. The Bertz CT molecular complexity index is 403. The molecule has 1 rings (SSSR count). The van der Waals surface area contributed by atoms with Crippen LogP contribution in [-0.2, 0) is 8.85 Å². The van der Waals surface area contributed by atoms with Gasteiger partial charge in [-0.25, -0.2) is 0 Å². The van der Waals surface area contributed by atoms with Gasteiger partial charge in [-0.15, -0.1) is 0 Å². The summed E-state index contributed by atoms with van der Waals surface area (Å²) in [5, 5.41) is 1.17. The fraction of sp³-hybridized carbons (Fsp3) is 0.467. The van der Waals surface area contributed by atoms with Crippen LogP contribution in [0.1, 0.15) is 12.0 Å². The highest BCUT2D eigenvalue weighted by Crippen LogP contribution is 2.16. The molecule has 0 saturated heterocycles. The number of hydrogen-bond acceptors (Lipinski definition) is 3. The molecule has 0 aliphatic rings. The van der Waals surface area contributed by atoms with Gasteiger partial charge in [0.05, 0.1) is 0 Å². The average Bonchev–Trinajstić information content (AvgIpc) is 2.44. The Labute approximate surface area is 118 Å². The van der Waals surface area contributed by atoms with Crippen LogP contribution in [0.25, 0.3) is 6.08 Å².